The van der Waals surface area contributed by atoms with Crippen LogP contribution in [0.1, 0.15) is 28.9 Å². The fourth-order valence-corrected chi connectivity index (χ4v) is 3.28. The van der Waals surface area contributed by atoms with Crippen LogP contribution in [-0.4, -0.2) is 73.3 Å². The van der Waals surface area contributed by atoms with Gasteiger partial charge in [0.25, 0.3) is 0 Å². The Labute approximate surface area is 170 Å². The number of alkyl halides is 3. The summed E-state index contributed by atoms with van der Waals surface area (Å²) in [6, 6.07) is 3.41. The van der Waals surface area contributed by atoms with Gasteiger partial charge in [-0.3, -0.25) is 4.79 Å². The van der Waals surface area contributed by atoms with Crippen molar-refractivity contribution in [1.29, 1.82) is 0 Å². The van der Waals surface area contributed by atoms with E-state index in [2.05, 4.69) is 15.4 Å². The molecule has 3 rings (SSSR count). The van der Waals surface area contributed by atoms with Crippen LogP contribution in [0, 0.1) is 6.92 Å². The Balaban J connectivity index is 1.70. The maximum atomic E-state index is 13.1. The molecule has 1 fully saturated rings. The second-order valence-electron chi connectivity index (χ2n) is 7.00. The summed E-state index contributed by atoms with van der Waals surface area (Å²) in [6.07, 6.45) is -5.15. The molecule has 0 spiro atoms. The Bertz CT molecular complexity index is 922. The average molecular weight is 426 g/mol. The molecule has 0 bridgehead atoms. The lowest BCUT2D eigenvalue weighted by molar-refractivity contribution is -0.137. The molecule has 2 amide bonds. The second kappa shape index (κ2) is 8.67. The molecule has 12 heteroatoms. The normalized spacial score (nSPS) is 14.8. The first-order valence-electron chi connectivity index (χ1n) is 9.32. The summed E-state index contributed by atoms with van der Waals surface area (Å²) in [5.74, 6) is 0.236. The summed E-state index contributed by atoms with van der Waals surface area (Å²) in [4.78, 5) is 27.5. The maximum absolute atomic E-state index is 13.1. The molecule has 1 saturated heterocycles. The molecule has 1 N–H and O–H groups in total. The Kier molecular flexibility index (Phi) is 6.22. The van der Waals surface area contributed by atoms with Gasteiger partial charge in [-0.15, -0.1) is 10.2 Å². The van der Waals surface area contributed by atoms with Crippen molar-refractivity contribution in [1.82, 2.24) is 30.0 Å². The molecule has 0 atom stereocenters. The van der Waals surface area contributed by atoms with Crippen molar-refractivity contribution >= 4 is 12.0 Å². The molecule has 0 aliphatic carbocycles. The average Bonchev–Trinajstić information content (AvgIpc) is 3.10. The summed E-state index contributed by atoms with van der Waals surface area (Å²) in [7, 11) is 0. The highest BCUT2D eigenvalue weighted by atomic mass is 19.4. The number of rotatable bonds is 5. The Morgan fingerprint density at radius 1 is 1.10 bits per heavy atom. The van der Waals surface area contributed by atoms with Crippen molar-refractivity contribution in [2.24, 2.45) is 0 Å². The van der Waals surface area contributed by atoms with Gasteiger partial charge in [0, 0.05) is 32.6 Å². The van der Waals surface area contributed by atoms with Crippen molar-refractivity contribution in [3.8, 4) is 0 Å². The van der Waals surface area contributed by atoms with E-state index in [9.17, 15) is 22.8 Å². The van der Waals surface area contributed by atoms with Crippen molar-refractivity contribution in [3.05, 3.63) is 40.7 Å². The number of piperazine rings is 1. The number of carboxylic acid groups (broad SMARTS) is 1. The largest absolute Gasteiger partial charge is 0.465 e. The number of nitrogens with zero attached hydrogens (tertiary/aromatic N) is 6. The lowest BCUT2D eigenvalue weighted by atomic mass is 9.99. The Morgan fingerprint density at radius 3 is 2.33 bits per heavy atom. The molecule has 2 heterocycles. The molecule has 1 aliphatic heterocycles. The summed E-state index contributed by atoms with van der Waals surface area (Å²) in [6.45, 7) is 2.71. The highest BCUT2D eigenvalue weighted by Crippen LogP contribution is 2.31. The number of halogens is 3. The lowest BCUT2D eigenvalue weighted by Gasteiger charge is -2.33. The highest BCUT2D eigenvalue weighted by Gasteiger charge is 2.31. The molecule has 0 radical (unpaired) electrons. The first-order valence-corrected chi connectivity index (χ1v) is 9.32. The molecular formula is C18H21F3N6O3. The number of amides is 2. The molecule has 1 aromatic heterocycles. The minimum atomic E-state index is -4.49. The zero-order valence-electron chi connectivity index (χ0n) is 16.3. The maximum Gasteiger partial charge on any atom is 0.416 e. The fourth-order valence-electron chi connectivity index (χ4n) is 3.28. The van der Waals surface area contributed by atoms with Crippen molar-refractivity contribution in [2.45, 2.75) is 32.5 Å². The minimum Gasteiger partial charge on any atom is -0.465 e. The molecule has 0 unspecified atom stereocenters. The number of carbonyl (C=O) groups excluding carboxylic acids is 1. The van der Waals surface area contributed by atoms with E-state index in [4.69, 9.17) is 5.11 Å². The molecule has 9 nitrogen and oxygen atoms in total. The third kappa shape index (κ3) is 5.24. The fraction of sp³-hybridized carbons (Fsp3) is 0.500. The van der Waals surface area contributed by atoms with Gasteiger partial charge < -0.3 is 14.9 Å². The van der Waals surface area contributed by atoms with Crippen molar-refractivity contribution in [2.75, 3.05) is 26.2 Å². The molecule has 1 aromatic carbocycles. The number of tetrazole rings is 1. The lowest BCUT2D eigenvalue weighted by Crippen LogP contribution is -2.50. The van der Waals surface area contributed by atoms with Gasteiger partial charge in [0.2, 0.25) is 5.91 Å². The standard InChI is InChI=1S/C18H21F3N6O3/c1-12-22-24-27(23-12)11-14-10-15(18(19,20)21)4-2-13(14)3-5-16(28)25-6-8-26(9-7-25)17(29)30/h2,4,10H,3,5-9,11H2,1H3,(H,29,30). The highest BCUT2D eigenvalue weighted by molar-refractivity contribution is 5.77. The molecular weight excluding hydrogens is 405 g/mol. The first-order chi connectivity index (χ1) is 14.1. The first kappa shape index (κ1) is 21.5. The molecule has 162 valence electrons. The van der Waals surface area contributed by atoms with E-state index in [0.29, 0.717) is 30.0 Å². The van der Waals surface area contributed by atoms with E-state index in [1.165, 1.54) is 15.8 Å². The summed E-state index contributed by atoms with van der Waals surface area (Å²) < 4.78 is 39.4. The summed E-state index contributed by atoms with van der Waals surface area (Å²) in [5, 5.41) is 20.5. The molecule has 1 aliphatic rings. The zero-order valence-corrected chi connectivity index (χ0v) is 16.3. The van der Waals surface area contributed by atoms with Crippen molar-refractivity contribution < 1.29 is 27.9 Å². The molecule has 30 heavy (non-hydrogen) atoms. The number of carbonyl (C=O) groups is 2. The predicted octanol–water partition coefficient (Wildman–Crippen LogP) is 1.80. The van der Waals surface area contributed by atoms with Crippen LogP contribution in [0.15, 0.2) is 18.2 Å². The third-order valence-corrected chi connectivity index (χ3v) is 4.91. The smallest absolute Gasteiger partial charge is 0.416 e. The van der Waals surface area contributed by atoms with Gasteiger partial charge in [0.1, 0.15) is 0 Å². The summed E-state index contributed by atoms with van der Waals surface area (Å²) >= 11 is 0. The number of aromatic nitrogens is 4. The van der Waals surface area contributed by atoms with Gasteiger partial charge >= 0.3 is 12.3 Å². The minimum absolute atomic E-state index is 0.00553. The van der Waals surface area contributed by atoms with E-state index in [1.807, 2.05) is 0 Å². The van der Waals surface area contributed by atoms with Crippen LogP contribution in [0.5, 0.6) is 0 Å². The van der Waals surface area contributed by atoms with E-state index >= 15 is 0 Å². The van der Waals surface area contributed by atoms with E-state index in [1.54, 1.807) is 11.8 Å². The van der Waals surface area contributed by atoms with Gasteiger partial charge in [-0.05, 0) is 41.8 Å². The van der Waals surface area contributed by atoms with Crippen LogP contribution in [0.3, 0.4) is 0 Å². The number of aryl methyl sites for hydroxylation is 2. The quantitative estimate of drug-likeness (QED) is 0.782. The van der Waals surface area contributed by atoms with Crippen LogP contribution in [-0.2, 0) is 23.9 Å². The van der Waals surface area contributed by atoms with E-state index in [0.717, 1.165) is 12.1 Å². The van der Waals surface area contributed by atoms with Crippen molar-refractivity contribution in [3.63, 3.8) is 0 Å². The number of hydrogen-bond acceptors (Lipinski definition) is 5. The van der Waals surface area contributed by atoms with Gasteiger partial charge in [-0.1, -0.05) is 6.07 Å². The number of hydrogen-bond donors (Lipinski definition) is 1. The van der Waals surface area contributed by atoms with Crippen LogP contribution in [0.4, 0.5) is 18.0 Å². The van der Waals surface area contributed by atoms with Crippen LogP contribution in [0.25, 0.3) is 0 Å². The SMILES string of the molecule is Cc1nnn(Cc2cc(C(F)(F)F)ccc2CCC(=O)N2CCN(C(=O)O)CC2)n1. The summed E-state index contributed by atoms with van der Waals surface area (Å²) in [5.41, 5.74) is 0.176. The van der Waals surface area contributed by atoms with Gasteiger partial charge in [0.15, 0.2) is 5.82 Å². The third-order valence-electron chi connectivity index (χ3n) is 4.91. The zero-order chi connectivity index (χ0) is 21.9. The molecule has 0 saturated carbocycles. The van der Waals surface area contributed by atoms with Gasteiger partial charge in [-0.25, -0.2) is 4.79 Å². The van der Waals surface area contributed by atoms with E-state index in [-0.39, 0.29) is 38.4 Å². The monoisotopic (exact) mass is 426 g/mol. The molecule has 2 aromatic rings. The topological polar surface area (TPSA) is 104 Å². The second-order valence-corrected chi connectivity index (χ2v) is 7.00. The number of benzene rings is 1. The predicted molar refractivity (Wildman–Crippen MR) is 97.6 cm³/mol. The van der Waals surface area contributed by atoms with Crippen LogP contribution < -0.4 is 0 Å². The van der Waals surface area contributed by atoms with Crippen LogP contribution >= 0.6 is 0 Å². The Hall–Kier alpha value is -3.18. The van der Waals surface area contributed by atoms with Gasteiger partial charge in [0.05, 0.1) is 12.1 Å². The van der Waals surface area contributed by atoms with E-state index < -0.39 is 17.8 Å². The van der Waals surface area contributed by atoms with Crippen LogP contribution in [0.2, 0.25) is 0 Å². The Morgan fingerprint density at radius 2 is 1.77 bits per heavy atom. The van der Waals surface area contributed by atoms with Gasteiger partial charge in [-0.2, -0.15) is 18.0 Å².